The van der Waals surface area contributed by atoms with Gasteiger partial charge in [0.25, 0.3) is 0 Å². The molecule has 0 radical (unpaired) electrons. The average molecular weight is 343 g/mol. The fourth-order valence-electron chi connectivity index (χ4n) is 3.54. The van der Waals surface area contributed by atoms with E-state index in [0.29, 0.717) is 11.5 Å². The summed E-state index contributed by atoms with van der Waals surface area (Å²) in [5.74, 6) is 0.290. The van der Waals surface area contributed by atoms with Crippen molar-refractivity contribution in [3.8, 4) is 11.1 Å². The van der Waals surface area contributed by atoms with Gasteiger partial charge in [-0.15, -0.1) is 0 Å². The van der Waals surface area contributed by atoms with E-state index in [9.17, 15) is 8.78 Å². The molecular weight excluding hydrogens is 316 g/mol. The zero-order chi connectivity index (χ0) is 17.8. The predicted molar refractivity (Wildman–Crippen MR) is 99.7 cm³/mol. The highest BCUT2D eigenvalue weighted by Crippen LogP contribution is 2.27. The van der Waals surface area contributed by atoms with Crippen molar-refractivity contribution in [2.45, 2.75) is 39.0 Å². The molecule has 134 valence electrons. The average Bonchev–Trinajstić information content (AvgIpc) is 2.61. The van der Waals surface area contributed by atoms with Crippen molar-refractivity contribution < 1.29 is 8.78 Å². The summed E-state index contributed by atoms with van der Waals surface area (Å²) in [5.41, 5.74) is 2.51. The van der Waals surface area contributed by atoms with Gasteiger partial charge in [-0.3, -0.25) is 0 Å². The van der Waals surface area contributed by atoms with Crippen LogP contribution in [0.2, 0.25) is 0 Å². The molecule has 1 unspecified atom stereocenters. The van der Waals surface area contributed by atoms with Crippen molar-refractivity contribution in [2.24, 2.45) is 5.92 Å². The molecule has 3 rings (SSSR count). The lowest BCUT2D eigenvalue weighted by atomic mass is 9.94. The standard InChI is InChI=1S/C22H27F2N/c1-16-9-12-25(13-10-16)14-11-17(2)18-3-5-19(6-4-18)21-8-7-20(23)15-22(21)24/h3-8,15-17H,9-14H2,1-2H3. The molecule has 2 aromatic carbocycles. The van der Waals surface area contributed by atoms with Crippen LogP contribution in [0.3, 0.4) is 0 Å². The molecule has 0 saturated carbocycles. The van der Waals surface area contributed by atoms with E-state index in [-0.39, 0.29) is 0 Å². The Kier molecular flexibility index (Phi) is 5.85. The molecule has 1 aliphatic heterocycles. The summed E-state index contributed by atoms with van der Waals surface area (Å²) in [6.45, 7) is 8.17. The van der Waals surface area contributed by atoms with Crippen molar-refractivity contribution in [3.05, 3.63) is 59.7 Å². The van der Waals surface area contributed by atoms with E-state index in [2.05, 4.69) is 30.9 Å². The molecule has 0 N–H and O–H groups in total. The maximum absolute atomic E-state index is 13.9. The Morgan fingerprint density at radius 2 is 1.72 bits per heavy atom. The molecular formula is C22H27F2N. The quantitative estimate of drug-likeness (QED) is 0.657. The van der Waals surface area contributed by atoms with E-state index in [1.807, 2.05) is 12.1 Å². The Balaban J connectivity index is 1.59. The fraction of sp³-hybridized carbons (Fsp3) is 0.455. The molecule has 2 aromatic rings. The topological polar surface area (TPSA) is 3.24 Å². The first-order valence-corrected chi connectivity index (χ1v) is 9.30. The van der Waals surface area contributed by atoms with E-state index in [1.54, 1.807) is 0 Å². The zero-order valence-corrected chi connectivity index (χ0v) is 15.1. The van der Waals surface area contributed by atoms with Crippen LogP contribution < -0.4 is 0 Å². The van der Waals surface area contributed by atoms with Gasteiger partial charge in [0.05, 0.1) is 0 Å². The molecule has 1 fully saturated rings. The maximum Gasteiger partial charge on any atom is 0.133 e. The summed E-state index contributed by atoms with van der Waals surface area (Å²) in [5, 5.41) is 0. The number of piperidine rings is 1. The molecule has 1 aliphatic rings. The molecule has 0 amide bonds. The lowest BCUT2D eigenvalue weighted by molar-refractivity contribution is 0.187. The minimum atomic E-state index is -0.543. The predicted octanol–water partition coefficient (Wildman–Crippen LogP) is 5.86. The van der Waals surface area contributed by atoms with Gasteiger partial charge in [-0.2, -0.15) is 0 Å². The van der Waals surface area contributed by atoms with E-state index in [4.69, 9.17) is 0 Å². The Hall–Kier alpha value is -1.74. The van der Waals surface area contributed by atoms with Crippen LogP contribution in [0.15, 0.2) is 42.5 Å². The van der Waals surface area contributed by atoms with Gasteiger partial charge in [-0.05, 0) is 74.0 Å². The van der Waals surface area contributed by atoms with Gasteiger partial charge in [0.2, 0.25) is 0 Å². The van der Waals surface area contributed by atoms with E-state index >= 15 is 0 Å². The molecule has 1 nitrogen and oxygen atoms in total. The first kappa shape index (κ1) is 18.1. The third-order valence-corrected chi connectivity index (χ3v) is 5.48. The van der Waals surface area contributed by atoms with Crippen LogP contribution in [0.1, 0.15) is 44.6 Å². The third-order valence-electron chi connectivity index (χ3n) is 5.48. The molecule has 0 aliphatic carbocycles. The van der Waals surface area contributed by atoms with Crippen molar-refractivity contribution in [1.82, 2.24) is 4.90 Å². The second-order valence-electron chi connectivity index (χ2n) is 7.46. The molecule has 1 saturated heterocycles. The van der Waals surface area contributed by atoms with E-state index in [0.717, 1.165) is 30.5 Å². The van der Waals surface area contributed by atoms with Crippen molar-refractivity contribution in [2.75, 3.05) is 19.6 Å². The minimum absolute atomic E-state index is 0.447. The molecule has 3 heteroatoms. The number of hydrogen-bond acceptors (Lipinski definition) is 1. The van der Waals surface area contributed by atoms with Crippen molar-refractivity contribution in [1.29, 1.82) is 0 Å². The summed E-state index contributed by atoms with van der Waals surface area (Å²) in [7, 11) is 0. The van der Waals surface area contributed by atoms with Gasteiger partial charge < -0.3 is 4.90 Å². The second-order valence-corrected chi connectivity index (χ2v) is 7.46. The molecule has 25 heavy (non-hydrogen) atoms. The molecule has 1 heterocycles. The fourth-order valence-corrected chi connectivity index (χ4v) is 3.54. The number of halogens is 2. The third kappa shape index (κ3) is 4.66. The highest BCUT2D eigenvalue weighted by Gasteiger charge is 2.16. The van der Waals surface area contributed by atoms with Crippen LogP contribution in [-0.2, 0) is 0 Å². The largest absolute Gasteiger partial charge is 0.303 e. The molecule has 1 atom stereocenters. The smallest absolute Gasteiger partial charge is 0.133 e. The Bertz CT molecular complexity index is 688. The number of benzene rings is 2. The molecule has 0 spiro atoms. The maximum atomic E-state index is 13.9. The lowest BCUT2D eigenvalue weighted by Crippen LogP contribution is -2.34. The van der Waals surface area contributed by atoms with Crippen LogP contribution in [0.4, 0.5) is 8.78 Å². The minimum Gasteiger partial charge on any atom is -0.303 e. The molecule has 0 aromatic heterocycles. The monoisotopic (exact) mass is 343 g/mol. The van der Waals surface area contributed by atoms with E-state index in [1.165, 1.54) is 43.6 Å². The number of rotatable bonds is 5. The second kappa shape index (κ2) is 8.09. The summed E-state index contributed by atoms with van der Waals surface area (Å²) < 4.78 is 27.0. The number of likely N-dealkylation sites (tertiary alicyclic amines) is 1. The first-order valence-electron chi connectivity index (χ1n) is 9.30. The summed E-state index contributed by atoms with van der Waals surface area (Å²) in [6.07, 6.45) is 3.76. The normalized spacial score (nSPS) is 17.6. The van der Waals surface area contributed by atoms with Gasteiger partial charge in [0, 0.05) is 11.6 Å². The Morgan fingerprint density at radius 3 is 2.36 bits per heavy atom. The van der Waals surface area contributed by atoms with Crippen molar-refractivity contribution >= 4 is 0 Å². The Morgan fingerprint density at radius 1 is 1.04 bits per heavy atom. The number of nitrogens with zero attached hydrogens (tertiary/aromatic N) is 1. The summed E-state index contributed by atoms with van der Waals surface area (Å²) in [6, 6.07) is 11.7. The van der Waals surface area contributed by atoms with Gasteiger partial charge in [-0.25, -0.2) is 8.78 Å². The lowest BCUT2D eigenvalue weighted by Gasteiger charge is -2.31. The van der Waals surface area contributed by atoms with Crippen LogP contribution in [0.25, 0.3) is 11.1 Å². The van der Waals surface area contributed by atoms with Crippen LogP contribution in [0, 0.1) is 17.6 Å². The number of hydrogen-bond donors (Lipinski definition) is 0. The zero-order valence-electron chi connectivity index (χ0n) is 15.1. The Labute approximate surface area is 149 Å². The highest BCUT2D eigenvalue weighted by molar-refractivity contribution is 5.64. The van der Waals surface area contributed by atoms with E-state index < -0.39 is 11.6 Å². The SMILES string of the molecule is CC1CCN(CCC(C)c2ccc(-c3ccc(F)cc3F)cc2)CC1. The molecule has 0 bridgehead atoms. The van der Waals surface area contributed by atoms with Crippen molar-refractivity contribution in [3.63, 3.8) is 0 Å². The van der Waals surface area contributed by atoms with Gasteiger partial charge in [0.1, 0.15) is 11.6 Å². The van der Waals surface area contributed by atoms with Crippen LogP contribution >= 0.6 is 0 Å². The summed E-state index contributed by atoms with van der Waals surface area (Å²) in [4.78, 5) is 2.57. The van der Waals surface area contributed by atoms with Gasteiger partial charge in [0.15, 0.2) is 0 Å². The highest BCUT2D eigenvalue weighted by atomic mass is 19.1. The van der Waals surface area contributed by atoms with Gasteiger partial charge in [-0.1, -0.05) is 38.1 Å². The van der Waals surface area contributed by atoms with Crippen LogP contribution in [-0.4, -0.2) is 24.5 Å². The first-order chi connectivity index (χ1) is 12.0. The van der Waals surface area contributed by atoms with Gasteiger partial charge >= 0.3 is 0 Å². The summed E-state index contributed by atoms with van der Waals surface area (Å²) >= 11 is 0. The van der Waals surface area contributed by atoms with Crippen LogP contribution in [0.5, 0.6) is 0 Å².